The SMILES string of the molecule is Nc1cc(Cl)c(NCC2CC(O)C2)c(Cl)c1. The summed E-state index contributed by atoms with van der Waals surface area (Å²) in [5.74, 6) is 0.500. The van der Waals surface area contributed by atoms with Gasteiger partial charge in [-0.1, -0.05) is 23.2 Å². The summed E-state index contributed by atoms with van der Waals surface area (Å²) in [7, 11) is 0. The summed E-state index contributed by atoms with van der Waals surface area (Å²) in [6.07, 6.45) is 1.55. The highest BCUT2D eigenvalue weighted by atomic mass is 35.5. The Balaban J connectivity index is 1.98. The van der Waals surface area contributed by atoms with Crippen molar-refractivity contribution >= 4 is 34.6 Å². The van der Waals surface area contributed by atoms with Crippen molar-refractivity contribution in [3.8, 4) is 0 Å². The predicted octanol–water partition coefficient (Wildman–Crippen LogP) is 2.76. The molecule has 1 aliphatic carbocycles. The van der Waals surface area contributed by atoms with Gasteiger partial charge in [0.05, 0.1) is 21.8 Å². The molecule has 3 nitrogen and oxygen atoms in total. The molecule has 0 spiro atoms. The first-order valence-electron chi connectivity index (χ1n) is 5.22. The quantitative estimate of drug-likeness (QED) is 0.733. The van der Waals surface area contributed by atoms with Crippen LogP contribution in [-0.4, -0.2) is 17.8 Å². The van der Waals surface area contributed by atoms with E-state index in [0.717, 1.165) is 25.1 Å². The Morgan fingerprint density at radius 2 is 1.88 bits per heavy atom. The van der Waals surface area contributed by atoms with Crippen molar-refractivity contribution in [1.29, 1.82) is 0 Å². The van der Waals surface area contributed by atoms with E-state index in [1.165, 1.54) is 0 Å². The van der Waals surface area contributed by atoms with Gasteiger partial charge in [0.15, 0.2) is 0 Å². The number of aliphatic hydroxyl groups is 1. The summed E-state index contributed by atoms with van der Waals surface area (Å²) in [5, 5.41) is 13.4. The molecule has 0 saturated heterocycles. The molecule has 0 aliphatic heterocycles. The van der Waals surface area contributed by atoms with Crippen LogP contribution in [0.2, 0.25) is 10.0 Å². The van der Waals surface area contributed by atoms with Gasteiger partial charge < -0.3 is 16.2 Å². The van der Waals surface area contributed by atoms with Crippen molar-refractivity contribution in [2.24, 2.45) is 5.92 Å². The summed E-state index contributed by atoms with van der Waals surface area (Å²) in [6.45, 7) is 0.778. The number of anilines is 2. The molecule has 0 radical (unpaired) electrons. The molecular formula is C11H14Cl2N2O. The van der Waals surface area contributed by atoms with E-state index in [9.17, 15) is 0 Å². The zero-order valence-electron chi connectivity index (χ0n) is 8.71. The smallest absolute Gasteiger partial charge is 0.0720 e. The molecule has 1 aliphatic rings. The Morgan fingerprint density at radius 3 is 2.38 bits per heavy atom. The molecule has 88 valence electrons. The Kier molecular flexibility index (Phi) is 3.47. The van der Waals surface area contributed by atoms with Gasteiger partial charge in [-0.25, -0.2) is 0 Å². The first-order valence-corrected chi connectivity index (χ1v) is 5.98. The van der Waals surface area contributed by atoms with E-state index in [1.54, 1.807) is 12.1 Å². The average Bonchev–Trinajstić information content (AvgIpc) is 2.12. The molecule has 0 atom stereocenters. The van der Waals surface area contributed by atoms with Crippen molar-refractivity contribution in [3.63, 3.8) is 0 Å². The minimum atomic E-state index is -0.135. The molecule has 5 heteroatoms. The standard InChI is InChI=1S/C11H14Cl2N2O/c12-9-3-7(14)4-10(13)11(9)15-5-6-1-8(16)2-6/h3-4,6,8,15-16H,1-2,5,14H2. The fourth-order valence-electron chi connectivity index (χ4n) is 1.88. The lowest BCUT2D eigenvalue weighted by molar-refractivity contribution is 0.0487. The minimum absolute atomic E-state index is 0.135. The van der Waals surface area contributed by atoms with Gasteiger partial charge in [-0.15, -0.1) is 0 Å². The van der Waals surface area contributed by atoms with Crippen LogP contribution < -0.4 is 11.1 Å². The van der Waals surface area contributed by atoms with Gasteiger partial charge in [-0.3, -0.25) is 0 Å². The van der Waals surface area contributed by atoms with E-state index >= 15 is 0 Å². The minimum Gasteiger partial charge on any atom is -0.399 e. The molecule has 1 aromatic carbocycles. The molecule has 4 N–H and O–H groups in total. The maximum atomic E-state index is 9.16. The number of hydrogen-bond donors (Lipinski definition) is 3. The molecule has 1 aromatic rings. The van der Waals surface area contributed by atoms with Crippen LogP contribution in [0.5, 0.6) is 0 Å². The molecule has 1 fully saturated rings. The van der Waals surface area contributed by atoms with Gasteiger partial charge in [-0.2, -0.15) is 0 Å². The zero-order chi connectivity index (χ0) is 11.7. The molecule has 0 bridgehead atoms. The molecule has 0 unspecified atom stereocenters. The highest BCUT2D eigenvalue weighted by Gasteiger charge is 2.26. The van der Waals surface area contributed by atoms with Crippen LogP contribution in [0.25, 0.3) is 0 Å². The van der Waals surface area contributed by atoms with E-state index in [-0.39, 0.29) is 6.10 Å². The van der Waals surface area contributed by atoms with Crippen LogP contribution in [0.15, 0.2) is 12.1 Å². The maximum Gasteiger partial charge on any atom is 0.0720 e. The lowest BCUT2D eigenvalue weighted by Crippen LogP contribution is -2.33. The van der Waals surface area contributed by atoms with Gasteiger partial charge >= 0.3 is 0 Å². The monoisotopic (exact) mass is 260 g/mol. The number of rotatable bonds is 3. The predicted molar refractivity (Wildman–Crippen MR) is 68.1 cm³/mol. The number of benzene rings is 1. The third-order valence-electron chi connectivity index (χ3n) is 2.84. The first-order chi connectivity index (χ1) is 7.56. The maximum absolute atomic E-state index is 9.16. The van der Waals surface area contributed by atoms with E-state index in [0.29, 0.717) is 21.7 Å². The number of nitrogen functional groups attached to an aromatic ring is 1. The van der Waals surface area contributed by atoms with Crippen LogP contribution >= 0.6 is 23.2 Å². The molecule has 16 heavy (non-hydrogen) atoms. The summed E-state index contributed by atoms with van der Waals surface area (Å²) in [6, 6.07) is 3.34. The Bertz CT molecular complexity index is 369. The van der Waals surface area contributed by atoms with Gasteiger partial charge in [0, 0.05) is 12.2 Å². The van der Waals surface area contributed by atoms with Gasteiger partial charge in [0.25, 0.3) is 0 Å². The number of nitrogens with one attached hydrogen (secondary N) is 1. The fraction of sp³-hybridized carbons (Fsp3) is 0.455. The van der Waals surface area contributed by atoms with Crippen LogP contribution in [0, 0.1) is 5.92 Å². The van der Waals surface area contributed by atoms with Gasteiger partial charge in [-0.05, 0) is 30.9 Å². The largest absolute Gasteiger partial charge is 0.399 e. The summed E-state index contributed by atoms with van der Waals surface area (Å²) in [4.78, 5) is 0. The highest BCUT2D eigenvalue weighted by Crippen LogP contribution is 2.34. The van der Waals surface area contributed by atoms with Crippen molar-refractivity contribution < 1.29 is 5.11 Å². The summed E-state index contributed by atoms with van der Waals surface area (Å²) >= 11 is 12.1. The summed E-state index contributed by atoms with van der Waals surface area (Å²) in [5.41, 5.74) is 6.89. The number of hydrogen-bond acceptors (Lipinski definition) is 3. The van der Waals surface area contributed by atoms with Crippen LogP contribution in [0.3, 0.4) is 0 Å². The average molecular weight is 261 g/mol. The second-order valence-corrected chi connectivity index (χ2v) is 5.05. The molecule has 0 aromatic heterocycles. The van der Waals surface area contributed by atoms with Gasteiger partial charge in [0.1, 0.15) is 0 Å². The van der Waals surface area contributed by atoms with Crippen molar-refractivity contribution in [1.82, 2.24) is 0 Å². The molecule has 0 heterocycles. The third-order valence-corrected chi connectivity index (χ3v) is 3.44. The van der Waals surface area contributed by atoms with E-state index in [2.05, 4.69) is 5.32 Å². The Hall–Kier alpha value is -0.640. The van der Waals surface area contributed by atoms with Crippen molar-refractivity contribution in [3.05, 3.63) is 22.2 Å². The van der Waals surface area contributed by atoms with Crippen LogP contribution in [0.4, 0.5) is 11.4 Å². The zero-order valence-corrected chi connectivity index (χ0v) is 10.2. The summed E-state index contributed by atoms with van der Waals surface area (Å²) < 4.78 is 0. The van der Waals surface area contributed by atoms with Crippen molar-refractivity contribution in [2.75, 3.05) is 17.6 Å². The number of halogens is 2. The lowest BCUT2D eigenvalue weighted by atomic mass is 9.82. The van der Waals surface area contributed by atoms with E-state index in [4.69, 9.17) is 34.0 Å². The third kappa shape index (κ3) is 2.54. The normalized spacial score (nSPS) is 23.9. The Morgan fingerprint density at radius 1 is 1.31 bits per heavy atom. The highest BCUT2D eigenvalue weighted by molar-refractivity contribution is 6.39. The number of nitrogens with two attached hydrogens (primary N) is 1. The Labute approximate surface area is 105 Å². The van der Waals surface area contributed by atoms with Gasteiger partial charge in [0.2, 0.25) is 0 Å². The van der Waals surface area contributed by atoms with Crippen LogP contribution in [-0.2, 0) is 0 Å². The molecule has 2 rings (SSSR count). The van der Waals surface area contributed by atoms with Crippen molar-refractivity contribution in [2.45, 2.75) is 18.9 Å². The molecule has 0 amide bonds. The second kappa shape index (κ2) is 4.70. The number of aliphatic hydroxyl groups excluding tert-OH is 1. The fourth-order valence-corrected chi connectivity index (χ4v) is 2.51. The van der Waals surface area contributed by atoms with E-state index in [1.807, 2.05) is 0 Å². The van der Waals surface area contributed by atoms with Crippen LogP contribution in [0.1, 0.15) is 12.8 Å². The molecule has 1 saturated carbocycles. The lowest BCUT2D eigenvalue weighted by Gasteiger charge is -2.31. The topological polar surface area (TPSA) is 58.3 Å². The first kappa shape index (κ1) is 11.8. The molecular weight excluding hydrogens is 247 g/mol. The van der Waals surface area contributed by atoms with E-state index < -0.39 is 0 Å². The second-order valence-electron chi connectivity index (χ2n) is 4.23.